The number of carbonyl (C=O) groups excluding carboxylic acids is 1. The van der Waals surface area contributed by atoms with Crippen LogP contribution in [0.4, 0.5) is 0 Å². The number of hydrogen-bond acceptors (Lipinski definition) is 4. The van der Waals surface area contributed by atoms with Crippen LogP contribution < -0.4 is 0 Å². The SMILES string of the molecule is O=C(c1n[nH]c2c1CCCCC2)N1CCC(OCC2CCOC2)CC1. The molecular weight excluding hydrogens is 318 g/mol. The smallest absolute Gasteiger partial charge is 0.274 e. The predicted octanol–water partition coefficient (Wildman–Crippen LogP) is 2.34. The number of carbonyl (C=O) groups is 1. The molecule has 1 unspecified atom stereocenters. The van der Waals surface area contributed by atoms with Gasteiger partial charge in [-0.1, -0.05) is 6.42 Å². The molecule has 25 heavy (non-hydrogen) atoms. The Morgan fingerprint density at radius 3 is 2.84 bits per heavy atom. The molecule has 1 aromatic heterocycles. The Balaban J connectivity index is 1.30. The van der Waals surface area contributed by atoms with Gasteiger partial charge >= 0.3 is 0 Å². The van der Waals surface area contributed by atoms with E-state index in [0.29, 0.717) is 11.6 Å². The van der Waals surface area contributed by atoms with Crippen LogP contribution in [-0.4, -0.2) is 60.0 Å². The molecule has 0 spiro atoms. The van der Waals surface area contributed by atoms with E-state index in [0.717, 1.165) is 71.4 Å². The van der Waals surface area contributed by atoms with Crippen molar-refractivity contribution in [1.82, 2.24) is 15.1 Å². The minimum absolute atomic E-state index is 0.0991. The van der Waals surface area contributed by atoms with Crippen LogP contribution in [-0.2, 0) is 22.3 Å². The number of rotatable bonds is 4. The number of nitrogens with zero attached hydrogens (tertiary/aromatic N) is 2. The second-order valence-corrected chi connectivity index (χ2v) is 7.64. The van der Waals surface area contributed by atoms with E-state index in [1.807, 2.05) is 4.90 Å². The summed E-state index contributed by atoms with van der Waals surface area (Å²) in [7, 11) is 0. The molecule has 6 heteroatoms. The molecule has 0 radical (unpaired) electrons. The highest BCUT2D eigenvalue weighted by molar-refractivity contribution is 5.94. The average Bonchev–Trinajstić information content (AvgIpc) is 3.25. The number of piperidine rings is 1. The Morgan fingerprint density at radius 1 is 1.20 bits per heavy atom. The van der Waals surface area contributed by atoms with Crippen molar-refractivity contribution >= 4 is 5.91 Å². The molecule has 2 fully saturated rings. The number of likely N-dealkylation sites (tertiary alicyclic amines) is 1. The van der Waals surface area contributed by atoms with Crippen LogP contribution >= 0.6 is 0 Å². The first-order valence-electron chi connectivity index (χ1n) is 9.86. The van der Waals surface area contributed by atoms with Gasteiger partial charge in [0.15, 0.2) is 5.69 Å². The highest BCUT2D eigenvalue weighted by atomic mass is 16.5. The second-order valence-electron chi connectivity index (χ2n) is 7.64. The fourth-order valence-electron chi connectivity index (χ4n) is 4.20. The summed E-state index contributed by atoms with van der Waals surface area (Å²) in [4.78, 5) is 14.9. The van der Waals surface area contributed by atoms with Crippen LogP contribution in [0.3, 0.4) is 0 Å². The molecule has 3 heterocycles. The van der Waals surface area contributed by atoms with Gasteiger partial charge in [-0.2, -0.15) is 5.10 Å². The molecule has 1 N–H and O–H groups in total. The predicted molar refractivity (Wildman–Crippen MR) is 93.7 cm³/mol. The fraction of sp³-hybridized carbons (Fsp3) is 0.789. The molecule has 0 saturated carbocycles. The number of H-pyrrole nitrogens is 1. The summed E-state index contributed by atoms with van der Waals surface area (Å²) in [6, 6.07) is 0. The van der Waals surface area contributed by atoms with Crippen LogP contribution in [0.5, 0.6) is 0 Å². The molecule has 1 aromatic rings. The van der Waals surface area contributed by atoms with Gasteiger partial charge < -0.3 is 14.4 Å². The molecule has 138 valence electrons. The second kappa shape index (κ2) is 7.87. The van der Waals surface area contributed by atoms with E-state index in [9.17, 15) is 4.79 Å². The number of aromatic amines is 1. The Bertz CT molecular complexity index is 587. The number of fused-ring (bicyclic) bond motifs is 1. The zero-order valence-electron chi connectivity index (χ0n) is 15.0. The van der Waals surface area contributed by atoms with Crippen molar-refractivity contribution in [1.29, 1.82) is 0 Å². The first-order valence-corrected chi connectivity index (χ1v) is 9.86. The van der Waals surface area contributed by atoms with E-state index in [-0.39, 0.29) is 12.0 Å². The van der Waals surface area contributed by atoms with Gasteiger partial charge in [-0.15, -0.1) is 0 Å². The van der Waals surface area contributed by atoms with E-state index in [1.54, 1.807) is 0 Å². The van der Waals surface area contributed by atoms with Crippen LogP contribution in [0.25, 0.3) is 0 Å². The van der Waals surface area contributed by atoms with Gasteiger partial charge in [-0.25, -0.2) is 0 Å². The fourth-order valence-corrected chi connectivity index (χ4v) is 4.20. The molecular formula is C19H29N3O3. The summed E-state index contributed by atoms with van der Waals surface area (Å²) in [6.07, 6.45) is 8.84. The van der Waals surface area contributed by atoms with Crippen molar-refractivity contribution in [3.8, 4) is 0 Å². The highest BCUT2D eigenvalue weighted by Gasteiger charge is 2.29. The molecule has 1 amide bonds. The lowest BCUT2D eigenvalue weighted by Crippen LogP contribution is -2.41. The van der Waals surface area contributed by atoms with Crippen molar-refractivity contribution in [2.45, 2.75) is 57.5 Å². The lowest BCUT2D eigenvalue weighted by atomic mass is 10.0. The number of amides is 1. The summed E-state index contributed by atoms with van der Waals surface area (Å²) < 4.78 is 11.5. The monoisotopic (exact) mass is 347 g/mol. The Morgan fingerprint density at radius 2 is 2.04 bits per heavy atom. The molecule has 1 atom stereocenters. The topological polar surface area (TPSA) is 67.5 Å². The Hall–Kier alpha value is -1.40. The quantitative estimate of drug-likeness (QED) is 0.849. The maximum atomic E-state index is 12.9. The maximum Gasteiger partial charge on any atom is 0.274 e. The van der Waals surface area contributed by atoms with Gasteiger partial charge in [0.2, 0.25) is 0 Å². The highest BCUT2D eigenvalue weighted by Crippen LogP contribution is 2.24. The first-order chi connectivity index (χ1) is 12.3. The van der Waals surface area contributed by atoms with E-state index in [2.05, 4.69) is 10.2 Å². The normalized spacial score (nSPS) is 25.0. The number of hydrogen-bond donors (Lipinski definition) is 1. The zero-order valence-corrected chi connectivity index (χ0v) is 15.0. The molecule has 3 aliphatic rings. The molecule has 2 aliphatic heterocycles. The lowest BCUT2D eigenvalue weighted by molar-refractivity contribution is -0.00805. The van der Waals surface area contributed by atoms with Crippen LogP contribution in [0, 0.1) is 5.92 Å². The van der Waals surface area contributed by atoms with E-state index in [1.165, 1.54) is 24.1 Å². The molecule has 1 aliphatic carbocycles. The number of aryl methyl sites for hydroxylation is 1. The molecule has 0 aromatic carbocycles. The maximum absolute atomic E-state index is 12.9. The summed E-state index contributed by atoms with van der Waals surface area (Å²) >= 11 is 0. The van der Waals surface area contributed by atoms with Crippen LogP contribution in [0.15, 0.2) is 0 Å². The largest absolute Gasteiger partial charge is 0.381 e. The van der Waals surface area contributed by atoms with Crippen molar-refractivity contribution in [3.05, 3.63) is 17.0 Å². The van der Waals surface area contributed by atoms with Gasteiger partial charge in [0, 0.05) is 36.9 Å². The lowest BCUT2D eigenvalue weighted by Gasteiger charge is -2.32. The third-order valence-corrected chi connectivity index (χ3v) is 5.83. The average molecular weight is 347 g/mol. The standard InChI is InChI=1S/C19H29N3O3/c23-19(18-16-4-2-1-3-5-17(16)20-21-18)22-9-6-15(7-10-22)25-13-14-8-11-24-12-14/h14-15H,1-13H2,(H,20,21). The molecule has 4 rings (SSSR count). The third kappa shape index (κ3) is 3.90. The van der Waals surface area contributed by atoms with Gasteiger partial charge in [0.05, 0.1) is 19.3 Å². The van der Waals surface area contributed by atoms with Crippen molar-refractivity contribution in [2.24, 2.45) is 5.92 Å². The van der Waals surface area contributed by atoms with Crippen molar-refractivity contribution < 1.29 is 14.3 Å². The Kier molecular flexibility index (Phi) is 5.36. The van der Waals surface area contributed by atoms with Gasteiger partial charge in [0.1, 0.15) is 0 Å². The molecule has 6 nitrogen and oxygen atoms in total. The van der Waals surface area contributed by atoms with Crippen molar-refractivity contribution in [2.75, 3.05) is 32.9 Å². The van der Waals surface area contributed by atoms with E-state index in [4.69, 9.17) is 9.47 Å². The summed E-state index contributed by atoms with van der Waals surface area (Å²) in [5, 5.41) is 7.47. The number of ether oxygens (including phenoxy) is 2. The van der Waals surface area contributed by atoms with Crippen LogP contribution in [0.2, 0.25) is 0 Å². The van der Waals surface area contributed by atoms with Gasteiger partial charge in [-0.05, 0) is 44.9 Å². The summed E-state index contributed by atoms with van der Waals surface area (Å²) in [5.41, 5.74) is 3.01. The van der Waals surface area contributed by atoms with Crippen molar-refractivity contribution in [3.63, 3.8) is 0 Å². The summed E-state index contributed by atoms with van der Waals surface area (Å²) in [6.45, 7) is 4.04. The Labute approximate surface area is 149 Å². The number of nitrogens with one attached hydrogen (secondary N) is 1. The van der Waals surface area contributed by atoms with Gasteiger partial charge in [-0.3, -0.25) is 9.89 Å². The molecule has 2 saturated heterocycles. The minimum Gasteiger partial charge on any atom is -0.381 e. The third-order valence-electron chi connectivity index (χ3n) is 5.83. The van der Waals surface area contributed by atoms with Crippen LogP contribution in [0.1, 0.15) is 60.3 Å². The molecule has 0 bridgehead atoms. The first kappa shape index (κ1) is 17.0. The summed E-state index contributed by atoms with van der Waals surface area (Å²) in [5.74, 6) is 0.654. The minimum atomic E-state index is 0.0991. The number of aromatic nitrogens is 2. The van der Waals surface area contributed by atoms with E-state index < -0.39 is 0 Å². The van der Waals surface area contributed by atoms with Gasteiger partial charge in [0.25, 0.3) is 5.91 Å². The zero-order chi connectivity index (χ0) is 17.1. The van der Waals surface area contributed by atoms with E-state index >= 15 is 0 Å².